The summed E-state index contributed by atoms with van der Waals surface area (Å²) < 4.78 is 55.3. The molecule has 0 radical (unpaired) electrons. The Bertz CT molecular complexity index is 1140. The van der Waals surface area contributed by atoms with E-state index in [9.17, 15) is 19.2 Å². The third-order valence-corrected chi connectivity index (χ3v) is 6.09. The fourth-order valence-corrected chi connectivity index (χ4v) is 4.13. The summed E-state index contributed by atoms with van der Waals surface area (Å²) in [5.74, 6) is -2.08. The van der Waals surface area contributed by atoms with E-state index >= 15 is 0 Å². The summed E-state index contributed by atoms with van der Waals surface area (Å²) in [6.07, 6.45) is 0. The van der Waals surface area contributed by atoms with E-state index in [4.69, 9.17) is 47.4 Å². The van der Waals surface area contributed by atoms with Gasteiger partial charge >= 0.3 is 23.9 Å². The highest BCUT2D eigenvalue weighted by Gasteiger charge is 2.25. The molecule has 3 rings (SSSR count). The van der Waals surface area contributed by atoms with Crippen LogP contribution in [-0.4, -0.2) is 103 Å². The van der Waals surface area contributed by atoms with Crippen molar-refractivity contribution in [3.05, 3.63) is 46.5 Å². The van der Waals surface area contributed by atoms with Gasteiger partial charge < -0.3 is 47.4 Å². The first-order valence-corrected chi connectivity index (χ1v) is 15.1. The Hall–Kier alpha value is -4.56. The molecule has 0 atom stereocenters. The Morgan fingerprint density at radius 3 is 0.848 bits per heavy atom. The number of ether oxygens (including phenoxy) is 10. The van der Waals surface area contributed by atoms with E-state index in [0.29, 0.717) is 0 Å². The van der Waals surface area contributed by atoms with Gasteiger partial charge in [-0.25, -0.2) is 19.2 Å². The van der Waals surface area contributed by atoms with Crippen molar-refractivity contribution in [2.45, 2.75) is 27.7 Å². The first-order chi connectivity index (χ1) is 22.3. The van der Waals surface area contributed by atoms with Gasteiger partial charge in [0.15, 0.2) is 23.0 Å². The number of hydrogen-bond donors (Lipinski definition) is 0. The predicted octanol–water partition coefficient (Wildman–Crippen LogP) is 3.66. The average molecular weight is 649 g/mol. The molecule has 14 nitrogen and oxygen atoms in total. The van der Waals surface area contributed by atoms with Gasteiger partial charge in [-0.05, 0) is 52.0 Å². The van der Waals surface area contributed by atoms with Crippen LogP contribution in [0.2, 0.25) is 0 Å². The van der Waals surface area contributed by atoms with E-state index in [0.717, 1.165) is 0 Å². The first kappa shape index (κ1) is 35.9. The highest BCUT2D eigenvalue weighted by Crippen LogP contribution is 2.34. The summed E-state index contributed by atoms with van der Waals surface area (Å²) in [4.78, 5) is 50.7. The Morgan fingerprint density at radius 1 is 0.435 bits per heavy atom. The molecule has 2 aromatic carbocycles. The molecule has 0 spiro atoms. The fraction of sp³-hybridized carbons (Fsp3) is 0.500. The number of rotatable bonds is 8. The van der Waals surface area contributed by atoms with Gasteiger partial charge in [-0.15, -0.1) is 0 Å². The van der Waals surface area contributed by atoms with Crippen LogP contribution in [-0.2, 0) is 28.4 Å². The fourth-order valence-electron chi connectivity index (χ4n) is 4.13. The van der Waals surface area contributed by atoms with Crippen molar-refractivity contribution >= 4 is 23.9 Å². The molecule has 2 aromatic rings. The minimum Gasteiger partial charge on any atom is -0.487 e. The zero-order chi connectivity index (χ0) is 33.3. The number of fused-ring (bicyclic) bond motifs is 2. The zero-order valence-corrected chi connectivity index (χ0v) is 26.5. The molecule has 0 aromatic heterocycles. The molecular formula is C32H40O14. The van der Waals surface area contributed by atoms with Crippen LogP contribution in [0.15, 0.2) is 24.3 Å². The van der Waals surface area contributed by atoms with Crippen LogP contribution in [0, 0.1) is 0 Å². The summed E-state index contributed by atoms with van der Waals surface area (Å²) in [7, 11) is 0. The molecule has 0 N–H and O–H groups in total. The van der Waals surface area contributed by atoms with E-state index < -0.39 is 23.9 Å². The smallest absolute Gasteiger partial charge is 0.339 e. The summed E-state index contributed by atoms with van der Waals surface area (Å²) in [5.41, 5.74) is -0.113. The van der Waals surface area contributed by atoms with Crippen LogP contribution in [0.3, 0.4) is 0 Å². The van der Waals surface area contributed by atoms with Crippen LogP contribution >= 0.6 is 0 Å². The van der Waals surface area contributed by atoms with E-state index in [2.05, 4.69) is 0 Å². The summed E-state index contributed by atoms with van der Waals surface area (Å²) in [6, 6.07) is 5.49. The molecule has 1 aliphatic heterocycles. The lowest BCUT2D eigenvalue weighted by Crippen LogP contribution is -2.18. The van der Waals surface area contributed by atoms with Gasteiger partial charge in [0, 0.05) is 0 Å². The third kappa shape index (κ3) is 10.2. The minimum atomic E-state index is -0.714. The van der Waals surface area contributed by atoms with Crippen LogP contribution in [0.25, 0.3) is 0 Å². The number of esters is 4. The monoisotopic (exact) mass is 648 g/mol. The van der Waals surface area contributed by atoms with Gasteiger partial charge in [0.25, 0.3) is 0 Å². The maximum absolute atomic E-state index is 12.7. The molecule has 1 heterocycles. The Morgan fingerprint density at radius 2 is 0.652 bits per heavy atom. The normalized spacial score (nSPS) is 14.2. The molecular weight excluding hydrogens is 608 g/mol. The molecule has 0 aliphatic carbocycles. The third-order valence-electron chi connectivity index (χ3n) is 6.09. The molecule has 0 saturated heterocycles. The highest BCUT2D eigenvalue weighted by atomic mass is 16.6. The number of carbonyl (C=O) groups excluding carboxylic acids is 4. The largest absolute Gasteiger partial charge is 0.487 e. The Kier molecular flexibility index (Phi) is 14.9. The minimum absolute atomic E-state index is 0.0283. The molecule has 46 heavy (non-hydrogen) atoms. The topological polar surface area (TPSA) is 161 Å². The summed E-state index contributed by atoms with van der Waals surface area (Å²) >= 11 is 0. The summed E-state index contributed by atoms with van der Waals surface area (Å²) in [6.45, 7) is 7.77. The maximum atomic E-state index is 12.7. The molecule has 0 amide bonds. The molecule has 1 aliphatic rings. The quantitative estimate of drug-likeness (QED) is 0.301. The van der Waals surface area contributed by atoms with Crippen molar-refractivity contribution in [2.24, 2.45) is 0 Å². The zero-order valence-electron chi connectivity index (χ0n) is 26.5. The van der Waals surface area contributed by atoms with Gasteiger partial charge in [0.1, 0.15) is 26.4 Å². The van der Waals surface area contributed by atoms with Crippen LogP contribution in [0.4, 0.5) is 0 Å². The molecule has 14 heteroatoms. The number of carbonyl (C=O) groups is 4. The second-order valence-electron chi connectivity index (χ2n) is 9.19. The standard InChI is InChI=1S/C32H40O14/c1-5-39-29(33)21-17-25-26(18-22(21)30(34)40-6-2)44-14-10-38-12-16-46-28-20-24(32(36)42-8-4)23(31(35)41-7-3)19-27(28)45-15-11-37-9-13-43-25/h17-20H,5-16H2,1-4H3. The highest BCUT2D eigenvalue weighted by molar-refractivity contribution is 6.05. The van der Waals surface area contributed by atoms with Crippen molar-refractivity contribution in [2.75, 3.05) is 79.3 Å². The van der Waals surface area contributed by atoms with Gasteiger partial charge in [0.2, 0.25) is 0 Å². The van der Waals surface area contributed by atoms with E-state index in [1.165, 1.54) is 24.3 Å². The van der Waals surface area contributed by atoms with Crippen molar-refractivity contribution in [1.29, 1.82) is 0 Å². The predicted molar refractivity (Wildman–Crippen MR) is 160 cm³/mol. The lowest BCUT2D eigenvalue weighted by atomic mass is 10.1. The average Bonchev–Trinajstić information content (AvgIpc) is 3.04. The van der Waals surface area contributed by atoms with Crippen LogP contribution < -0.4 is 18.9 Å². The van der Waals surface area contributed by atoms with E-state index in [1.807, 2.05) is 0 Å². The van der Waals surface area contributed by atoms with E-state index in [-0.39, 0.29) is 125 Å². The van der Waals surface area contributed by atoms with E-state index in [1.54, 1.807) is 27.7 Å². The Labute approximate surface area is 267 Å². The number of hydrogen-bond acceptors (Lipinski definition) is 14. The molecule has 0 unspecified atom stereocenters. The van der Waals surface area contributed by atoms with Gasteiger partial charge in [-0.3, -0.25) is 0 Å². The Balaban J connectivity index is 1.82. The van der Waals surface area contributed by atoms with Gasteiger partial charge in [-0.2, -0.15) is 0 Å². The second kappa shape index (κ2) is 19.1. The summed E-state index contributed by atoms with van der Waals surface area (Å²) in [5, 5.41) is 0. The van der Waals surface area contributed by atoms with Crippen molar-refractivity contribution in [3.63, 3.8) is 0 Å². The lowest BCUT2D eigenvalue weighted by molar-refractivity contribution is 0.0473. The molecule has 0 bridgehead atoms. The van der Waals surface area contributed by atoms with Crippen LogP contribution in [0.1, 0.15) is 69.1 Å². The first-order valence-electron chi connectivity index (χ1n) is 15.1. The molecule has 0 saturated carbocycles. The SMILES string of the molecule is CCOC(=O)c1cc2c(cc1C(=O)OCC)OCCOCCOc1cc(C(=O)OCC)c(C(=O)OCC)cc1OCCOCCO2. The van der Waals surface area contributed by atoms with Gasteiger partial charge in [-0.1, -0.05) is 0 Å². The van der Waals surface area contributed by atoms with Crippen molar-refractivity contribution in [3.8, 4) is 23.0 Å². The number of benzene rings is 2. The van der Waals surface area contributed by atoms with Gasteiger partial charge in [0.05, 0.1) is 75.1 Å². The van der Waals surface area contributed by atoms with Crippen LogP contribution in [0.5, 0.6) is 23.0 Å². The lowest BCUT2D eigenvalue weighted by Gasteiger charge is -2.18. The maximum Gasteiger partial charge on any atom is 0.339 e. The van der Waals surface area contributed by atoms with Crippen molar-refractivity contribution in [1.82, 2.24) is 0 Å². The second-order valence-corrected chi connectivity index (χ2v) is 9.19. The van der Waals surface area contributed by atoms with Crippen molar-refractivity contribution < 1.29 is 66.5 Å². The molecule has 252 valence electrons. The molecule has 0 fully saturated rings.